The fraction of sp³-hybridized carbons (Fsp3) is 0.462. The maximum absolute atomic E-state index is 6.10. The van der Waals surface area contributed by atoms with E-state index in [4.69, 9.17) is 16.6 Å². The molecular formula is C13H17ClN2S. The maximum atomic E-state index is 6.10. The van der Waals surface area contributed by atoms with Crippen LogP contribution in [0, 0.1) is 6.92 Å². The zero-order valence-electron chi connectivity index (χ0n) is 10.4. The fourth-order valence-electron chi connectivity index (χ4n) is 1.68. The van der Waals surface area contributed by atoms with Crippen LogP contribution in [-0.2, 0) is 0 Å². The number of hydrogen-bond donors (Lipinski definition) is 1. The maximum Gasteiger partial charge on any atom is 0.161 e. The van der Waals surface area contributed by atoms with Gasteiger partial charge in [0.15, 0.2) is 5.17 Å². The van der Waals surface area contributed by atoms with Crippen LogP contribution in [0.15, 0.2) is 23.2 Å². The number of anilines is 1. The van der Waals surface area contributed by atoms with E-state index in [1.807, 2.05) is 25.1 Å². The standard InChI is InChI=1S/C13H17ClN2S/c1-9-10(14)5-4-6-11(9)15-12-16-13(2,3)7-8-17-12/h4-6H,7-8H2,1-3H3,(H,15,16). The number of hydrogen-bond acceptors (Lipinski definition) is 3. The molecule has 0 aliphatic carbocycles. The van der Waals surface area contributed by atoms with Crippen LogP contribution in [0.25, 0.3) is 0 Å². The topological polar surface area (TPSA) is 24.4 Å². The normalized spacial score (nSPS) is 18.7. The van der Waals surface area contributed by atoms with Gasteiger partial charge < -0.3 is 5.32 Å². The van der Waals surface area contributed by atoms with Crippen molar-refractivity contribution in [3.05, 3.63) is 28.8 Å². The van der Waals surface area contributed by atoms with Gasteiger partial charge in [-0.05, 0) is 44.9 Å². The van der Waals surface area contributed by atoms with Crippen molar-refractivity contribution in [2.75, 3.05) is 11.1 Å². The van der Waals surface area contributed by atoms with Gasteiger partial charge in [0.25, 0.3) is 0 Å². The number of halogens is 1. The average molecular weight is 269 g/mol. The van der Waals surface area contributed by atoms with Crippen LogP contribution >= 0.6 is 23.4 Å². The molecule has 0 amide bonds. The van der Waals surface area contributed by atoms with Crippen LogP contribution < -0.4 is 5.32 Å². The van der Waals surface area contributed by atoms with Crippen molar-refractivity contribution < 1.29 is 0 Å². The van der Waals surface area contributed by atoms with E-state index in [0.717, 1.165) is 33.6 Å². The molecule has 1 aliphatic heterocycles. The first-order valence-electron chi connectivity index (χ1n) is 5.73. The van der Waals surface area contributed by atoms with E-state index in [1.165, 1.54) is 0 Å². The van der Waals surface area contributed by atoms with Crippen molar-refractivity contribution in [3.8, 4) is 0 Å². The first kappa shape index (κ1) is 12.8. The van der Waals surface area contributed by atoms with Crippen LogP contribution in [0.1, 0.15) is 25.8 Å². The van der Waals surface area contributed by atoms with Crippen molar-refractivity contribution >= 4 is 34.2 Å². The Bertz CT molecular complexity index is 455. The first-order chi connectivity index (χ1) is 7.98. The van der Waals surface area contributed by atoms with E-state index in [1.54, 1.807) is 11.8 Å². The van der Waals surface area contributed by atoms with Gasteiger partial charge in [0.2, 0.25) is 0 Å². The predicted molar refractivity (Wildman–Crippen MR) is 78.4 cm³/mol. The number of rotatable bonds is 1. The molecule has 1 aromatic rings. The van der Waals surface area contributed by atoms with Gasteiger partial charge in [-0.2, -0.15) is 0 Å². The molecule has 0 bridgehead atoms. The minimum Gasteiger partial charge on any atom is -0.335 e. The number of aliphatic imine (C=N–C) groups is 1. The van der Waals surface area contributed by atoms with E-state index in [0.29, 0.717) is 0 Å². The summed E-state index contributed by atoms with van der Waals surface area (Å²) in [6.45, 7) is 6.35. The molecule has 0 saturated carbocycles. The second-order valence-electron chi connectivity index (χ2n) is 4.87. The van der Waals surface area contributed by atoms with Crippen LogP contribution in [-0.4, -0.2) is 16.5 Å². The molecule has 4 heteroatoms. The van der Waals surface area contributed by atoms with Gasteiger partial charge in [0, 0.05) is 16.5 Å². The third-order valence-electron chi connectivity index (χ3n) is 2.87. The molecule has 1 aromatic carbocycles. The summed E-state index contributed by atoms with van der Waals surface area (Å²) in [4.78, 5) is 4.71. The van der Waals surface area contributed by atoms with Crippen LogP contribution in [0.5, 0.6) is 0 Å². The molecule has 2 nitrogen and oxygen atoms in total. The molecule has 0 aromatic heterocycles. The SMILES string of the molecule is Cc1c(Cl)cccc1NC1=NC(C)(C)CCS1. The Morgan fingerprint density at radius 3 is 2.88 bits per heavy atom. The van der Waals surface area contributed by atoms with Crippen molar-refractivity contribution in [3.63, 3.8) is 0 Å². The Morgan fingerprint density at radius 2 is 2.18 bits per heavy atom. The molecule has 0 saturated heterocycles. The van der Waals surface area contributed by atoms with Crippen molar-refractivity contribution in [2.45, 2.75) is 32.7 Å². The molecule has 92 valence electrons. The molecule has 2 rings (SSSR count). The van der Waals surface area contributed by atoms with Gasteiger partial charge in [-0.3, -0.25) is 4.99 Å². The van der Waals surface area contributed by atoms with Gasteiger partial charge in [-0.15, -0.1) is 0 Å². The molecule has 0 atom stereocenters. The quantitative estimate of drug-likeness (QED) is 0.820. The third kappa shape index (κ3) is 3.17. The molecule has 0 fully saturated rings. The molecule has 17 heavy (non-hydrogen) atoms. The van der Waals surface area contributed by atoms with E-state index in [-0.39, 0.29) is 5.54 Å². The summed E-state index contributed by atoms with van der Waals surface area (Å²) in [7, 11) is 0. The number of thioether (sulfide) groups is 1. The lowest BCUT2D eigenvalue weighted by molar-refractivity contribution is 0.507. The Hall–Kier alpha value is -0.670. The summed E-state index contributed by atoms with van der Waals surface area (Å²) in [6.07, 6.45) is 1.12. The Morgan fingerprint density at radius 1 is 1.41 bits per heavy atom. The molecule has 1 heterocycles. The summed E-state index contributed by atoms with van der Waals surface area (Å²) in [6, 6.07) is 5.89. The second kappa shape index (κ2) is 4.91. The summed E-state index contributed by atoms with van der Waals surface area (Å²) < 4.78 is 0. The Labute approximate surface area is 112 Å². The van der Waals surface area contributed by atoms with Gasteiger partial charge in [0.1, 0.15) is 0 Å². The zero-order valence-corrected chi connectivity index (χ0v) is 12.0. The van der Waals surface area contributed by atoms with Gasteiger partial charge in [-0.1, -0.05) is 29.4 Å². The smallest absolute Gasteiger partial charge is 0.161 e. The van der Waals surface area contributed by atoms with Crippen molar-refractivity contribution in [2.24, 2.45) is 4.99 Å². The molecule has 0 unspecified atom stereocenters. The van der Waals surface area contributed by atoms with Crippen molar-refractivity contribution in [1.82, 2.24) is 0 Å². The highest BCUT2D eigenvalue weighted by atomic mass is 35.5. The summed E-state index contributed by atoms with van der Waals surface area (Å²) in [5.74, 6) is 1.11. The van der Waals surface area contributed by atoms with E-state index in [2.05, 4.69) is 19.2 Å². The number of nitrogens with zero attached hydrogens (tertiary/aromatic N) is 1. The number of benzene rings is 1. The van der Waals surface area contributed by atoms with E-state index in [9.17, 15) is 0 Å². The third-order valence-corrected chi connectivity index (χ3v) is 4.15. The van der Waals surface area contributed by atoms with E-state index >= 15 is 0 Å². The molecule has 0 spiro atoms. The molecular weight excluding hydrogens is 252 g/mol. The largest absolute Gasteiger partial charge is 0.335 e. The van der Waals surface area contributed by atoms with Crippen LogP contribution in [0.4, 0.5) is 5.69 Å². The first-order valence-corrected chi connectivity index (χ1v) is 7.09. The highest BCUT2D eigenvalue weighted by molar-refractivity contribution is 8.14. The lowest BCUT2D eigenvalue weighted by atomic mass is 10.0. The number of nitrogens with one attached hydrogen (secondary N) is 1. The summed E-state index contributed by atoms with van der Waals surface area (Å²) >= 11 is 7.87. The predicted octanol–water partition coefficient (Wildman–Crippen LogP) is 4.33. The summed E-state index contributed by atoms with van der Waals surface area (Å²) in [5.41, 5.74) is 2.15. The van der Waals surface area contributed by atoms with E-state index < -0.39 is 0 Å². The molecule has 0 radical (unpaired) electrons. The van der Waals surface area contributed by atoms with Crippen LogP contribution in [0.2, 0.25) is 5.02 Å². The lowest BCUT2D eigenvalue weighted by Gasteiger charge is -2.26. The fourth-order valence-corrected chi connectivity index (χ4v) is 3.15. The Balaban J connectivity index is 2.21. The van der Waals surface area contributed by atoms with Crippen molar-refractivity contribution in [1.29, 1.82) is 0 Å². The monoisotopic (exact) mass is 268 g/mol. The molecule has 1 N–H and O–H groups in total. The highest BCUT2D eigenvalue weighted by Gasteiger charge is 2.22. The lowest BCUT2D eigenvalue weighted by Crippen LogP contribution is -2.27. The summed E-state index contributed by atoms with van der Waals surface area (Å²) in [5, 5.41) is 5.15. The minimum absolute atomic E-state index is 0.0417. The Kier molecular flexibility index (Phi) is 3.69. The van der Waals surface area contributed by atoms with Crippen LogP contribution in [0.3, 0.4) is 0 Å². The highest BCUT2D eigenvalue weighted by Crippen LogP contribution is 2.29. The van der Waals surface area contributed by atoms with Gasteiger partial charge in [0.05, 0.1) is 5.54 Å². The van der Waals surface area contributed by atoms with Gasteiger partial charge in [-0.25, -0.2) is 0 Å². The average Bonchev–Trinajstić information content (AvgIpc) is 2.23. The second-order valence-corrected chi connectivity index (χ2v) is 6.36. The number of amidine groups is 1. The molecule has 1 aliphatic rings. The minimum atomic E-state index is 0.0417. The zero-order chi connectivity index (χ0) is 12.5. The van der Waals surface area contributed by atoms with Gasteiger partial charge >= 0.3 is 0 Å².